The summed E-state index contributed by atoms with van der Waals surface area (Å²) >= 11 is 0. The van der Waals surface area contributed by atoms with Crippen LogP contribution in [0.25, 0.3) is 0 Å². The minimum atomic E-state index is -0.256. The Balaban J connectivity index is 1.61. The number of furan rings is 1. The molecule has 6 nitrogen and oxygen atoms in total. The molecule has 0 aliphatic heterocycles. The first kappa shape index (κ1) is 18.8. The molecule has 1 aromatic carbocycles. The van der Waals surface area contributed by atoms with Crippen molar-refractivity contribution in [3.63, 3.8) is 0 Å². The molecule has 6 heteroatoms. The third-order valence-corrected chi connectivity index (χ3v) is 4.47. The molecule has 1 amide bonds. The zero-order chi connectivity index (χ0) is 19.4. The molecule has 0 radical (unpaired) electrons. The minimum absolute atomic E-state index is 0.158. The number of rotatable bonds is 7. The molecule has 0 saturated carbocycles. The maximum atomic E-state index is 12.5. The maximum absolute atomic E-state index is 12.5. The molecule has 2 aromatic heterocycles. The van der Waals surface area contributed by atoms with Crippen LogP contribution in [0.5, 0.6) is 5.75 Å². The predicted octanol–water partition coefficient (Wildman–Crippen LogP) is 4.18. The molecule has 0 saturated heterocycles. The van der Waals surface area contributed by atoms with Gasteiger partial charge < -0.3 is 14.5 Å². The fourth-order valence-electron chi connectivity index (χ4n) is 2.91. The smallest absolute Gasteiger partial charge is 0.287 e. The van der Waals surface area contributed by atoms with E-state index < -0.39 is 0 Å². The fraction of sp³-hybridized carbons (Fsp3) is 0.333. The van der Waals surface area contributed by atoms with E-state index in [1.807, 2.05) is 62.8 Å². The van der Waals surface area contributed by atoms with Crippen LogP contribution < -0.4 is 10.1 Å². The number of ether oxygens (including phenoxy) is 1. The summed E-state index contributed by atoms with van der Waals surface area (Å²) in [5.74, 6) is 1.42. The number of hydrogen-bond acceptors (Lipinski definition) is 4. The molecule has 0 aliphatic carbocycles. The Morgan fingerprint density at radius 1 is 1.26 bits per heavy atom. The quantitative estimate of drug-likeness (QED) is 0.680. The van der Waals surface area contributed by atoms with Gasteiger partial charge in [-0.05, 0) is 51.5 Å². The number of para-hydroxylation sites is 1. The zero-order valence-corrected chi connectivity index (χ0v) is 16.2. The maximum Gasteiger partial charge on any atom is 0.287 e. The van der Waals surface area contributed by atoms with E-state index in [1.54, 1.807) is 12.1 Å². The van der Waals surface area contributed by atoms with Crippen LogP contribution in [0.1, 0.15) is 53.0 Å². The standard InChI is InChI=1S/C21H25N3O3/c1-5-24-12-18(16(4)23-24)15(3)22-21(25)20-11-10-17(27-20)13-26-19-9-7-6-8-14(19)2/h6-12,15H,5,13H2,1-4H3,(H,22,25). The summed E-state index contributed by atoms with van der Waals surface area (Å²) in [7, 11) is 0. The molecule has 27 heavy (non-hydrogen) atoms. The molecule has 0 aliphatic rings. The van der Waals surface area contributed by atoms with Crippen molar-refractivity contribution in [2.75, 3.05) is 0 Å². The number of aromatic nitrogens is 2. The Labute approximate surface area is 159 Å². The Hall–Kier alpha value is -3.02. The lowest BCUT2D eigenvalue weighted by molar-refractivity contribution is 0.0907. The van der Waals surface area contributed by atoms with Crippen molar-refractivity contribution in [1.82, 2.24) is 15.1 Å². The van der Waals surface area contributed by atoms with Crippen LogP contribution >= 0.6 is 0 Å². The highest BCUT2D eigenvalue weighted by Crippen LogP contribution is 2.20. The Kier molecular flexibility index (Phi) is 5.64. The third-order valence-electron chi connectivity index (χ3n) is 4.47. The highest BCUT2D eigenvalue weighted by Gasteiger charge is 2.18. The number of hydrogen-bond donors (Lipinski definition) is 1. The second-order valence-corrected chi connectivity index (χ2v) is 6.54. The van der Waals surface area contributed by atoms with E-state index in [2.05, 4.69) is 10.4 Å². The minimum Gasteiger partial charge on any atom is -0.485 e. The summed E-state index contributed by atoms with van der Waals surface area (Å²) in [5, 5.41) is 7.38. The van der Waals surface area contributed by atoms with Gasteiger partial charge in [-0.2, -0.15) is 5.10 Å². The van der Waals surface area contributed by atoms with Gasteiger partial charge in [-0.3, -0.25) is 9.48 Å². The van der Waals surface area contributed by atoms with Crippen molar-refractivity contribution < 1.29 is 13.9 Å². The van der Waals surface area contributed by atoms with Gasteiger partial charge in [-0.15, -0.1) is 0 Å². The van der Waals surface area contributed by atoms with E-state index >= 15 is 0 Å². The number of aryl methyl sites for hydroxylation is 3. The molecule has 2 heterocycles. The molecule has 0 spiro atoms. The predicted molar refractivity (Wildman–Crippen MR) is 103 cm³/mol. The molecule has 3 aromatic rings. The van der Waals surface area contributed by atoms with Crippen molar-refractivity contribution in [3.05, 3.63) is 70.9 Å². The van der Waals surface area contributed by atoms with Gasteiger partial charge in [0.05, 0.1) is 11.7 Å². The molecule has 3 rings (SSSR count). The van der Waals surface area contributed by atoms with E-state index in [4.69, 9.17) is 9.15 Å². The summed E-state index contributed by atoms with van der Waals surface area (Å²) in [5.41, 5.74) is 2.97. The van der Waals surface area contributed by atoms with Crippen molar-refractivity contribution in [1.29, 1.82) is 0 Å². The SMILES string of the molecule is CCn1cc(C(C)NC(=O)c2ccc(COc3ccccc3C)o2)c(C)n1. The first-order chi connectivity index (χ1) is 13.0. The van der Waals surface area contributed by atoms with Gasteiger partial charge >= 0.3 is 0 Å². The topological polar surface area (TPSA) is 69.3 Å². The van der Waals surface area contributed by atoms with Gasteiger partial charge in [-0.1, -0.05) is 18.2 Å². The molecule has 0 bridgehead atoms. The van der Waals surface area contributed by atoms with Gasteiger partial charge in [0.15, 0.2) is 5.76 Å². The fourth-order valence-corrected chi connectivity index (χ4v) is 2.91. The summed E-state index contributed by atoms with van der Waals surface area (Å²) in [4.78, 5) is 12.5. The summed E-state index contributed by atoms with van der Waals surface area (Å²) < 4.78 is 13.3. The van der Waals surface area contributed by atoms with Crippen molar-refractivity contribution >= 4 is 5.91 Å². The van der Waals surface area contributed by atoms with Gasteiger partial charge in [0.2, 0.25) is 0 Å². The molecule has 1 unspecified atom stereocenters. The van der Waals surface area contributed by atoms with E-state index in [1.165, 1.54) is 0 Å². The van der Waals surface area contributed by atoms with Crippen LogP contribution in [0.15, 0.2) is 47.0 Å². The molecule has 0 fully saturated rings. The van der Waals surface area contributed by atoms with Crippen LogP contribution in [0.3, 0.4) is 0 Å². The number of nitrogens with zero attached hydrogens (tertiary/aromatic N) is 2. The lowest BCUT2D eigenvalue weighted by atomic mass is 10.1. The number of benzene rings is 1. The largest absolute Gasteiger partial charge is 0.485 e. The van der Waals surface area contributed by atoms with Crippen molar-refractivity contribution in [2.45, 2.75) is 46.9 Å². The monoisotopic (exact) mass is 367 g/mol. The average Bonchev–Trinajstić information content (AvgIpc) is 3.27. The van der Waals surface area contributed by atoms with Gasteiger partial charge in [0.1, 0.15) is 18.1 Å². The van der Waals surface area contributed by atoms with Crippen molar-refractivity contribution in [2.24, 2.45) is 0 Å². The van der Waals surface area contributed by atoms with Crippen molar-refractivity contribution in [3.8, 4) is 5.75 Å². The molecule has 1 atom stereocenters. The van der Waals surface area contributed by atoms with Gasteiger partial charge in [0.25, 0.3) is 5.91 Å². The average molecular weight is 367 g/mol. The lowest BCUT2D eigenvalue weighted by Gasteiger charge is -2.12. The summed E-state index contributed by atoms with van der Waals surface area (Å²) in [6.45, 7) is 8.97. The zero-order valence-electron chi connectivity index (χ0n) is 16.2. The molecule has 1 N–H and O–H groups in total. The summed E-state index contributed by atoms with van der Waals surface area (Å²) in [6.07, 6.45) is 1.96. The van der Waals surface area contributed by atoms with Crippen LogP contribution in [0.2, 0.25) is 0 Å². The van der Waals surface area contributed by atoms with Gasteiger partial charge in [0, 0.05) is 18.3 Å². The second-order valence-electron chi connectivity index (χ2n) is 6.54. The number of carbonyl (C=O) groups excluding carboxylic acids is 1. The Bertz CT molecular complexity index is 926. The summed E-state index contributed by atoms with van der Waals surface area (Å²) in [6, 6.07) is 11.1. The lowest BCUT2D eigenvalue weighted by Crippen LogP contribution is -2.26. The van der Waals surface area contributed by atoms with Crippen LogP contribution in [-0.4, -0.2) is 15.7 Å². The van der Waals surface area contributed by atoms with Gasteiger partial charge in [-0.25, -0.2) is 0 Å². The normalized spacial score (nSPS) is 12.0. The number of carbonyl (C=O) groups is 1. The Morgan fingerprint density at radius 2 is 2.04 bits per heavy atom. The van der Waals surface area contributed by atoms with E-state index in [0.717, 1.165) is 29.1 Å². The number of amides is 1. The van der Waals surface area contributed by atoms with Crippen LogP contribution in [0.4, 0.5) is 0 Å². The molecule has 142 valence electrons. The Morgan fingerprint density at radius 3 is 2.74 bits per heavy atom. The molecular weight excluding hydrogens is 342 g/mol. The molecular formula is C21H25N3O3. The first-order valence-corrected chi connectivity index (χ1v) is 9.10. The second kappa shape index (κ2) is 8.12. The number of nitrogens with one attached hydrogen (secondary N) is 1. The van der Waals surface area contributed by atoms with E-state index in [-0.39, 0.29) is 24.3 Å². The highest BCUT2D eigenvalue weighted by molar-refractivity contribution is 5.91. The highest BCUT2D eigenvalue weighted by atomic mass is 16.5. The van der Waals surface area contributed by atoms with E-state index in [9.17, 15) is 4.79 Å². The van der Waals surface area contributed by atoms with Crippen LogP contribution in [-0.2, 0) is 13.2 Å². The first-order valence-electron chi connectivity index (χ1n) is 9.10. The third kappa shape index (κ3) is 4.39. The van der Waals surface area contributed by atoms with E-state index in [0.29, 0.717) is 5.76 Å². The van der Waals surface area contributed by atoms with Crippen LogP contribution in [0, 0.1) is 13.8 Å².